The van der Waals surface area contributed by atoms with E-state index < -0.39 is 0 Å². The van der Waals surface area contributed by atoms with Gasteiger partial charge in [0.05, 0.1) is 0 Å². The molecule has 0 unspecified atom stereocenters. The molecule has 0 aromatic heterocycles. The Morgan fingerprint density at radius 2 is 2.00 bits per heavy atom. The number of ether oxygens (including phenoxy) is 1. The summed E-state index contributed by atoms with van der Waals surface area (Å²) in [5, 5.41) is 0. The monoisotopic (exact) mass is 243 g/mol. The highest BCUT2D eigenvalue weighted by molar-refractivity contribution is 7.80. The fraction of sp³-hybridized carbons (Fsp3) is 1.00. The molecule has 0 aromatic rings. The Kier molecular flexibility index (Phi) is 4.57. The minimum absolute atomic E-state index is 0.567. The number of rotatable bonds is 5. The quantitative estimate of drug-likeness (QED) is 0.745. The Bertz CT molecular complexity index is 204. The molecular formula is C13H25NOS. The molecule has 94 valence electrons. The minimum atomic E-state index is 0.567. The number of piperidine rings is 1. The van der Waals surface area contributed by atoms with Gasteiger partial charge in [-0.3, -0.25) is 0 Å². The van der Waals surface area contributed by atoms with Crippen molar-refractivity contribution in [1.82, 2.24) is 4.90 Å². The second-order valence-corrected chi connectivity index (χ2v) is 6.00. The molecule has 2 aliphatic rings. The van der Waals surface area contributed by atoms with Crippen molar-refractivity contribution in [1.29, 1.82) is 0 Å². The van der Waals surface area contributed by atoms with Crippen LogP contribution in [0.25, 0.3) is 0 Å². The second-order valence-electron chi connectivity index (χ2n) is 5.69. The smallest absolute Gasteiger partial charge is 0.0491 e. The first kappa shape index (κ1) is 12.7. The number of hydrogen-bond acceptors (Lipinski definition) is 3. The highest BCUT2D eigenvalue weighted by atomic mass is 32.1. The lowest BCUT2D eigenvalue weighted by Crippen LogP contribution is -2.46. The predicted octanol–water partition coefficient (Wildman–Crippen LogP) is 2.44. The van der Waals surface area contributed by atoms with Gasteiger partial charge in [0.25, 0.3) is 0 Å². The molecule has 2 fully saturated rings. The number of hydrogen-bond donors (Lipinski definition) is 1. The van der Waals surface area contributed by atoms with E-state index in [9.17, 15) is 0 Å². The third-order valence-corrected chi connectivity index (χ3v) is 5.09. The van der Waals surface area contributed by atoms with Gasteiger partial charge in [-0.2, -0.15) is 12.6 Å². The van der Waals surface area contributed by atoms with Gasteiger partial charge in [-0.05, 0) is 55.9 Å². The number of likely N-dealkylation sites (tertiary alicyclic amines) is 1. The summed E-state index contributed by atoms with van der Waals surface area (Å²) in [5.74, 6) is 1.87. The van der Waals surface area contributed by atoms with Gasteiger partial charge in [0.2, 0.25) is 0 Å². The molecule has 2 rings (SSSR count). The molecule has 1 aliphatic heterocycles. The van der Waals surface area contributed by atoms with E-state index in [1.165, 1.54) is 51.7 Å². The van der Waals surface area contributed by atoms with Crippen LogP contribution in [0, 0.1) is 11.3 Å². The maximum atomic E-state index is 5.24. The van der Waals surface area contributed by atoms with E-state index in [1.54, 1.807) is 0 Å². The van der Waals surface area contributed by atoms with Crippen molar-refractivity contribution >= 4 is 12.6 Å². The lowest BCUT2D eigenvalue weighted by atomic mass is 9.69. The van der Waals surface area contributed by atoms with Gasteiger partial charge >= 0.3 is 0 Å². The molecule has 1 heterocycles. The molecule has 16 heavy (non-hydrogen) atoms. The van der Waals surface area contributed by atoms with Crippen molar-refractivity contribution in [3.05, 3.63) is 0 Å². The lowest BCUT2D eigenvalue weighted by Gasteiger charge is -2.46. The number of thiol groups is 1. The molecular weight excluding hydrogens is 218 g/mol. The second kappa shape index (κ2) is 5.74. The van der Waals surface area contributed by atoms with Crippen molar-refractivity contribution in [2.45, 2.75) is 32.1 Å². The van der Waals surface area contributed by atoms with Gasteiger partial charge in [-0.15, -0.1) is 0 Å². The van der Waals surface area contributed by atoms with Crippen LogP contribution >= 0.6 is 12.6 Å². The maximum Gasteiger partial charge on any atom is 0.0491 e. The third kappa shape index (κ3) is 2.93. The van der Waals surface area contributed by atoms with Gasteiger partial charge in [0.15, 0.2) is 0 Å². The highest BCUT2D eigenvalue weighted by Gasteiger charge is 2.37. The number of nitrogens with zero attached hydrogens (tertiary/aromatic N) is 1. The van der Waals surface area contributed by atoms with Gasteiger partial charge in [0.1, 0.15) is 0 Å². The molecule has 0 amide bonds. The zero-order chi connectivity index (χ0) is 11.4. The van der Waals surface area contributed by atoms with Crippen LogP contribution in [0.4, 0.5) is 0 Å². The predicted molar refractivity (Wildman–Crippen MR) is 71.2 cm³/mol. The summed E-state index contributed by atoms with van der Waals surface area (Å²) in [4.78, 5) is 2.65. The van der Waals surface area contributed by atoms with Crippen LogP contribution in [0.15, 0.2) is 0 Å². The van der Waals surface area contributed by atoms with E-state index in [2.05, 4.69) is 17.5 Å². The third-order valence-electron chi connectivity index (χ3n) is 4.42. The summed E-state index contributed by atoms with van der Waals surface area (Å²) in [6, 6.07) is 0. The Morgan fingerprint density at radius 3 is 2.44 bits per heavy atom. The molecule has 0 aromatic carbocycles. The molecule has 0 N–H and O–H groups in total. The fourth-order valence-electron chi connectivity index (χ4n) is 3.06. The van der Waals surface area contributed by atoms with Crippen molar-refractivity contribution in [3.8, 4) is 0 Å². The molecule has 1 saturated heterocycles. The lowest BCUT2D eigenvalue weighted by molar-refractivity contribution is 0.0502. The van der Waals surface area contributed by atoms with Crippen LogP contribution in [-0.2, 0) is 4.74 Å². The van der Waals surface area contributed by atoms with E-state index >= 15 is 0 Å². The van der Waals surface area contributed by atoms with Gasteiger partial charge in [0, 0.05) is 20.3 Å². The van der Waals surface area contributed by atoms with E-state index in [0.717, 1.165) is 18.3 Å². The summed E-state index contributed by atoms with van der Waals surface area (Å²) in [6.07, 6.45) is 6.84. The van der Waals surface area contributed by atoms with Gasteiger partial charge in [-0.25, -0.2) is 0 Å². The van der Waals surface area contributed by atoms with E-state index in [0.29, 0.717) is 5.41 Å². The molecule has 0 spiro atoms. The zero-order valence-corrected chi connectivity index (χ0v) is 11.3. The largest absolute Gasteiger partial charge is 0.384 e. The summed E-state index contributed by atoms with van der Waals surface area (Å²) >= 11 is 4.54. The Morgan fingerprint density at radius 1 is 1.31 bits per heavy atom. The van der Waals surface area contributed by atoms with Crippen LogP contribution < -0.4 is 0 Å². The van der Waals surface area contributed by atoms with Crippen molar-refractivity contribution in [2.75, 3.05) is 39.1 Å². The summed E-state index contributed by atoms with van der Waals surface area (Å²) in [5.41, 5.74) is 0.567. The first-order valence-corrected chi connectivity index (χ1v) is 7.23. The minimum Gasteiger partial charge on any atom is -0.384 e. The Labute approximate surface area is 105 Å². The standard InChI is InChI=1S/C13H25NOS/c1-15-9-12-3-7-14(8-4-12)10-13(11-16)5-2-6-13/h12,16H,2-11H2,1H3. The molecule has 2 nitrogen and oxygen atoms in total. The Hall–Kier alpha value is 0.270. The van der Waals surface area contributed by atoms with E-state index in [-0.39, 0.29) is 0 Å². The molecule has 0 radical (unpaired) electrons. The molecule has 1 aliphatic carbocycles. The molecule has 3 heteroatoms. The first-order chi connectivity index (χ1) is 7.78. The number of methoxy groups -OCH3 is 1. The van der Waals surface area contributed by atoms with Crippen LogP contribution in [0.3, 0.4) is 0 Å². The van der Waals surface area contributed by atoms with Crippen LogP contribution in [0.1, 0.15) is 32.1 Å². The fourth-order valence-corrected chi connectivity index (χ4v) is 3.48. The SMILES string of the molecule is COCC1CCN(CC2(CS)CCC2)CC1. The zero-order valence-electron chi connectivity index (χ0n) is 10.5. The van der Waals surface area contributed by atoms with Crippen LogP contribution in [0.5, 0.6) is 0 Å². The maximum absolute atomic E-state index is 5.24. The van der Waals surface area contributed by atoms with Crippen molar-refractivity contribution in [2.24, 2.45) is 11.3 Å². The average molecular weight is 243 g/mol. The van der Waals surface area contributed by atoms with E-state index in [4.69, 9.17) is 4.74 Å². The van der Waals surface area contributed by atoms with Crippen molar-refractivity contribution in [3.63, 3.8) is 0 Å². The highest BCUT2D eigenvalue weighted by Crippen LogP contribution is 2.42. The van der Waals surface area contributed by atoms with Crippen LogP contribution in [0.2, 0.25) is 0 Å². The van der Waals surface area contributed by atoms with Crippen LogP contribution in [-0.4, -0.2) is 44.0 Å². The van der Waals surface area contributed by atoms with E-state index in [1.807, 2.05) is 7.11 Å². The molecule has 0 bridgehead atoms. The normalized spacial score (nSPS) is 26.6. The summed E-state index contributed by atoms with van der Waals surface area (Å²) in [7, 11) is 1.82. The van der Waals surface area contributed by atoms with Crippen molar-refractivity contribution < 1.29 is 4.74 Å². The molecule has 0 atom stereocenters. The van der Waals surface area contributed by atoms with Gasteiger partial charge < -0.3 is 9.64 Å². The topological polar surface area (TPSA) is 12.5 Å². The van der Waals surface area contributed by atoms with Gasteiger partial charge in [-0.1, -0.05) is 6.42 Å². The Balaban J connectivity index is 1.72. The summed E-state index contributed by atoms with van der Waals surface area (Å²) < 4.78 is 5.24. The summed E-state index contributed by atoms with van der Waals surface area (Å²) in [6.45, 7) is 4.77. The first-order valence-electron chi connectivity index (χ1n) is 6.60. The average Bonchev–Trinajstić information content (AvgIpc) is 2.26. The molecule has 1 saturated carbocycles.